The molecule has 0 unspecified atom stereocenters. The number of ether oxygens (including phenoxy) is 1. The molecular weight excluding hydrogens is 484 g/mol. The summed E-state index contributed by atoms with van der Waals surface area (Å²) in [6.45, 7) is 6.10. The number of methoxy groups -OCH3 is 1. The number of aromatic carboxylic acids is 1. The van der Waals surface area contributed by atoms with Crippen molar-refractivity contribution in [1.82, 2.24) is 14.9 Å². The maximum Gasteiger partial charge on any atom is 0.335 e. The first-order chi connectivity index (χ1) is 17.8. The van der Waals surface area contributed by atoms with Gasteiger partial charge in [0.25, 0.3) is 0 Å². The van der Waals surface area contributed by atoms with E-state index in [9.17, 15) is 9.90 Å². The molecule has 1 aliphatic rings. The van der Waals surface area contributed by atoms with E-state index in [4.69, 9.17) is 17.0 Å². The summed E-state index contributed by atoms with van der Waals surface area (Å²) in [5.74, 6) is -0.179. The molecule has 7 nitrogen and oxygen atoms in total. The second kappa shape index (κ2) is 9.71. The van der Waals surface area contributed by atoms with Gasteiger partial charge in [0, 0.05) is 29.0 Å². The zero-order chi connectivity index (χ0) is 26.3. The van der Waals surface area contributed by atoms with Crippen molar-refractivity contribution in [3.8, 4) is 11.4 Å². The predicted molar refractivity (Wildman–Crippen MR) is 148 cm³/mol. The van der Waals surface area contributed by atoms with E-state index < -0.39 is 5.97 Å². The summed E-state index contributed by atoms with van der Waals surface area (Å²) in [5, 5.41) is 13.7. The Balaban J connectivity index is 1.68. The van der Waals surface area contributed by atoms with Crippen molar-refractivity contribution in [3.63, 3.8) is 0 Å². The fourth-order valence-corrected chi connectivity index (χ4v) is 5.48. The molecule has 2 atom stereocenters. The third-order valence-corrected chi connectivity index (χ3v) is 7.25. The highest BCUT2D eigenvalue weighted by molar-refractivity contribution is 7.80. The van der Waals surface area contributed by atoms with Crippen LogP contribution in [0, 0.1) is 20.8 Å². The van der Waals surface area contributed by atoms with Crippen LogP contribution in [0.2, 0.25) is 0 Å². The van der Waals surface area contributed by atoms with E-state index in [0.717, 1.165) is 45.3 Å². The average molecular weight is 513 g/mol. The van der Waals surface area contributed by atoms with Gasteiger partial charge in [0.1, 0.15) is 5.75 Å². The molecular formula is C29H28N4O3S. The molecule has 4 aromatic rings. The molecule has 0 spiro atoms. The number of hydrogen-bond acceptors (Lipinski definition) is 4. The van der Waals surface area contributed by atoms with Gasteiger partial charge in [-0.05, 0) is 98.7 Å². The van der Waals surface area contributed by atoms with Crippen LogP contribution < -0.4 is 15.0 Å². The molecule has 2 aromatic heterocycles. The van der Waals surface area contributed by atoms with Crippen molar-refractivity contribution in [3.05, 3.63) is 107 Å². The van der Waals surface area contributed by atoms with Crippen LogP contribution in [0.1, 0.15) is 50.7 Å². The summed E-state index contributed by atoms with van der Waals surface area (Å²) >= 11 is 5.86. The van der Waals surface area contributed by atoms with Crippen LogP contribution >= 0.6 is 12.2 Å². The summed E-state index contributed by atoms with van der Waals surface area (Å²) < 4.78 is 7.49. The summed E-state index contributed by atoms with van der Waals surface area (Å²) in [6.07, 6.45) is 1.79. The van der Waals surface area contributed by atoms with Crippen molar-refractivity contribution in [2.24, 2.45) is 0 Å². The molecule has 8 heteroatoms. The van der Waals surface area contributed by atoms with Gasteiger partial charge in [0.05, 0.1) is 30.5 Å². The Morgan fingerprint density at radius 3 is 2.46 bits per heavy atom. The molecule has 1 aliphatic heterocycles. The van der Waals surface area contributed by atoms with Crippen molar-refractivity contribution >= 4 is 29.0 Å². The molecule has 5 rings (SSSR count). The van der Waals surface area contributed by atoms with Gasteiger partial charge in [-0.3, -0.25) is 4.98 Å². The molecule has 37 heavy (non-hydrogen) atoms. The van der Waals surface area contributed by atoms with E-state index in [2.05, 4.69) is 32.8 Å². The topological polar surface area (TPSA) is 79.6 Å². The number of nitrogens with one attached hydrogen (secondary N) is 1. The fraction of sp³-hybridized carbons (Fsp3) is 0.207. The number of carboxylic acids is 1. The Kier molecular flexibility index (Phi) is 6.43. The second-order valence-electron chi connectivity index (χ2n) is 9.16. The lowest BCUT2D eigenvalue weighted by Gasteiger charge is -2.28. The van der Waals surface area contributed by atoms with E-state index in [1.54, 1.807) is 25.4 Å². The summed E-state index contributed by atoms with van der Waals surface area (Å²) in [6, 6.07) is 20.7. The van der Waals surface area contributed by atoms with Crippen LogP contribution in [-0.2, 0) is 0 Å². The van der Waals surface area contributed by atoms with Crippen molar-refractivity contribution < 1.29 is 14.6 Å². The highest BCUT2D eigenvalue weighted by Crippen LogP contribution is 2.44. The smallest absolute Gasteiger partial charge is 0.335 e. The van der Waals surface area contributed by atoms with E-state index in [1.165, 1.54) is 0 Å². The van der Waals surface area contributed by atoms with E-state index >= 15 is 0 Å². The summed E-state index contributed by atoms with van der Waals surface area (Å²) in [4.78, 5) is 18.5. The molecule has 0 aliphatic carbocycles. The number of pyridine rings is 1. The van der Waals surface area contributed by atoms with Crippen LogP contribution in [0.4, 0.5) is 5.69 Å². The van der Waals surface area contributed by atoms with Crippen LogP contribution in [0.15, 0.2) is 72.9 Å². The minimum atomic E-state index is -0.949. The van der Waals surface area contributed by atoms with Gasteiger partial charge in [-0.2, -0.15) is 0 Å². The van der Waals surface area contributed by atoms with E-state index in [0.29, 0.717) is 5.11 Å². The number of aryl methyl sites for hydroxylation is 2. The third kappa shape index (κ3) is 4.34. The van der Waals surface area contributed by atoms with E-state index in [-0.39, 0.29) is 17.6 Å². The normalized spacial score (nSPS) is 17.1. The Labute approximate surface area is 221 Å². The van der Waals surface area contributed by atoms with Gasteiger partial charge in [-0.25, -0.2) is 4.79 Å². The lowest BCUT2D eigenvalue weighted by atomic mass is 9.96. The van der Waals surface area contributed by atoms with Gasteiger partial charge in [0.2, 0.25) is 0 Å². The molecule has 1 fully saturated rings. The number of nitrogens with zero attached hydrogens (tertiary/aromatic N) is 3. The first-order valence-electron chi connectivity index (χ1n) is 12.0. The molecule has 0 saturated carbocycles. The zero-order valence-corrected chi connectivity index (χ0v) is 21.9. The largest absolute Gasteiger partial charge is 0.497 e. The Hall–Kier alpha value is -4.17. The molecule has 0 bridgehead atoms. The summed E-state index contributed by atoms with van der Waals surface area (Å²) in [5.41, 5.74) is 7.02. The van der Waals surface area contributed by atoms with Crippen LogP contribution in [0.3, 0.4) is 0 Å². The quantitative estimate of drug-likeness (QED) is 0.322. The predicted octanol–water partition coefficient (Wildman–Crippen LogP) is 5.68. The third-order valence-electron chi connectivity index (χ3n) is 6.93. The SMILES string of the molecule is COc1ccc(N2C(=S)N[C@@H](c3ccccn3)[C@@H]2c2cc(C)n(-c3cc(C(=O)O)ccc3C)c2C)cc1. The number of carboxylic acid groups (broad SMARTS) is 1. The van der Waals surface area contributed by atoms with Crippen molar-refractivity contribution in [2.45, 2.75) is 32.9 Å². The lowest BCUT2D eigenvalue weighted by molar-refractivity contribution is 0.0697. The average Bonchev–Trinajstić information content (AvgIpc) is 3.39. The highest BCUT2D eigenvalue weighted by Gasteiger charge is 2.42. The number of rotatable bonds is 6. The molecule has 2 N–H and O–H groups in total. The van der Waals surface area contributed by atoms with Gasteiger partial charge in [0.15, 0.2) is 5.11 Å². The van der Waals surface area contributed by atoms with Crippen molar-refractivity contribution in [2.75, 3.05) is 12.0 Å². The monoisotopic (exact) mass is 512 g/mol. The molecule has 2 aromatic carbocycles. The minimum Gasteiger partial charge on any atom is -0.497 e. The Morgan fingerprint density at radius 2 is 1.81 bits per heavy atom. The molecule has 0 radical (unpaired) electrons. The second-order valence-corrected chi connectivity index (χ2v) is 9.55. The number of thiocarbonyl (C=S) groups is 1. The lowest BCUT2D eigenvalue weighted by Crippen LogP contribution is -2.29. The van der Waals surface area contributed by atoms with Gasteiger partial charge >= 0.3 is 5.97 Å². The van der Waals surface area contributed by atoms with Gasteiger partial charge < -0.3 is 24.6 Å². The molecule has 3 heterocycles. The Morgan fingerprint density at radius 1 is 1.05 bits per heavy atom. The number of anilines is 1. The van der Waals surface area contributed by atoms with Gasteiger partial charge in [-0.15, -0.1) is 0 Å². The van der Waals surface area contributed by atoms with Crippen LogP contribution in [0.25, 0.3) is 5.69 Å². The number of hydrogen-bond donors (Lipinski definition) is 2. The highest BCUT2D eigenvalue weighted by atomic mass is 32.1. The standard InChI is InChI=1S/C29H28N4O3S/c1-17-8-9-20(28(34)35)16-25(17)32-18(2)15-23(19(32)3)27-26(24-7-5-6-14-30-24)31-29(37)33(27)21-10-12-22(36-4)13-11-21/h5-16,26-27H,1-4H3,(H,31,37)(H,34,35)/t26-,27-/m0/s1. The maximum absolute atomic E-state index is 11.7. The summed E-state index contributed by atoms with van der Waals surface area (Å²) in [7, 11) is 1.65. The minimum absolute atomic E-state index is 0.182. The number of aromatic nitrogens is 2. The number of benzene rings is 2. The number of carbonyl (C=O) groups is 1. The maximum atomic E-state index is 11.7. The molecule has 188 valence electrons. The van der Waals surface area contributed by atoms with Crippen LogP contribution in [-0.4, -0.2) is 32.8 Å². The first kappa shape index (κ1) is 24.5. The van der Waals surface area contributed by atoms with Gasteiger partial charge in [-0.1, -0.05) is 12.1 Å². The van der Waals surface area contributed by atoms with Crippen LogP contribution in [0.5, 0.6) is 5.75 Å². The molecule has 0 amide bonds. The zero-order valence-electron chi connectivity index (χ0n) is 21.1. The fourth-order valence-electron chi connectivity index (χ4n) is 5.13. The molecule has 1 saturated heterocycles. The van der Waals surface area contributed by atoms with Crippen molar-refractivity contribution in [1.29, 1.82) is 0 Å². The first-order valence-corrected chi connectivity index (χ1v) is 12.4. The van der Waals surface area contributed by atoms with E-state index in [1.807, 2.05) is 62.4 Å². The Bertz CT molecular complexity index is 1480.